The highest BCUT2D eigenvalue weighted by Gasteiger charge is 2.30. The average Bonchev–Trinajstić information content (AvgIpc) is 2.96. The van der Waals surface area contributed by atoms with Gasteiger partial charge in [-0.1, -0.05) is 23.8 Å². The van der Waals surface area contributed by atoms with Crippen molar-refractivity contribution in [1.82, 2.24) is 20.5 Å². The molecule has 0 aliphatic rings. The maximum atomic E-state index is 12.6. The van der Waals surface area contributed by atoms with Crippen LogP contribution in [-0.2, 0) is 12.6 Å². The SMILES string of the molecule is C/C(=C\c1cccc(C(F)(F)F)c1)CNCCc1ncn[nH]1. The highest BCUT2D eigenvalue weighted by atomic mass is 19.4. The minimum Gasteiger partial charge on any atom is -0.313 e. The number of aromatic amines is 1. The summed E-state index contributed by atoms with van der Waals surface area (Å²) in [6, 6.07) is 5.30. The first-order chi connectivity index (χ1) is 10.4. The van der Waals surface area contributed by atoms with Crippen LogP contribution in [0.25, 0.3) is 6.08 Å². The molecule has 1 aromatic heterocycles. The van der Waals surface area contributed by atoms with E-state index in [0.29, 0.717) is 18.7 Å². The van der Waals surface area contributed by atoms with Gasteiger partial charge < -0.3 is 5.32 Å². The Labute approximate surface area is 126 Å². The maximum Gasteiger partial charge on any atom is 0.416 e. The van der Waals surface area contributed by atoms with Crippen molar-refractivity contribution in [3.05, 3.63) is 53.1 Å². The summed E-state index contributed by atoms with van der Waals surface area (Å²) >= 11 is 0. The van der Waals surface area contributed by atoms with Crippen molar-refractivity contribution in [3.8, 4) is 0 Å². The van der Waals surface area contributed by atoms with Crippen LogP contribution >= 0.6 is 0 Å². The molecule has 1 heterocycles. The molecule has 0 amide bonds. The first-order valence-electron chi connectivity index (χ1n) is 6.84. The summed E-state index contributed by atoms with van der Waals surface area (Å²) in [5.41, 5.74) is 0.869. The van der Waals surface area contributed by atoms with Crippen molar-refractivity contribution in [2.45, 2.75) is 19.5 Å². The third-order valence-electron chi connectivity index (χ3n) is 3.03. The lowest BCUT2D eigenvalue weighted by atomic mass is 10.1. The number of aromatic nitrogens is 3. The van der Waals surface area contributed by atoms with Gasteiger partial charge in [0.05, 0.1) is 5.56 Å². The van der Waals surface area contributed by atoms with Gasteiger partial charge in [-0.15, -0.1) is 0 Å². The lowest BCUT2D eigenvalue weighted by molar-refractivity contribution is -0.137. The monoisotopic (exact) mass is 310 g/mol. The fourth-order valence-electron chi connectivity index (χ4n) is 1.98. The van der Waals surface area contributed by atoms with Crippen LogP contribution in [0.1, 0.15) is 23.9 Å². The van der Waals surface area contributed by atoms with Crippen molar-refractivity contribution < 1.29 is 13.2 Å². The molecule has 0 fully saturated rings. The Balaban J connectivity index is 1.86. The van der Waals surface area contributed by atoms with Crippen LogP contribution in [0.2, 0.25) is 0 Å². The molecule has 0 saturated heterocycles. The zero-order chi connectivity index (χ0) is 16.0. The van der Waals surface area contributed by atoms with Crippen LogP contribution in [0, 0.1) is 0 Å². The van der Waals surface area contributed by atoms with E-state index in [0.717, 1.165) is 30.0 Å². The third kappa shape index (κ3) is 5.00. The summed E-state index contributed by atoms with van der Waals surface area (Å²) in [6.45, 7) is 3.19. The number of halogens is 3. The number of benzene rings is 1. The third-order valence-corrected chi connectivity index (χ3v) is 3.03. The predicted molar refractivity (Wildman–Crippen MR) is 78.1 cm³/mol. The van der Waals surface area contributed by atoms with Crippen molar-refractivity contribution in [3.63, 3.8) is 0 Å². The van der Waals surface area contributed by atoms with E-state index >= 15 is 0 Å². The fraction of sp³-hybridized carbons (Fsp3) is 0.333. The Hall–Kier alpha value is -2.15. The lowest BCUT2D eigenvalue weighted by Gasteiger charge is -2.08. The molecule has 118 valence electrons. The number of nitrogens with zero attached hydrogens (tertiary/aromatic N) is 2. The van der Waals surface area contributed by atoms with Gasteiger partial charge in [0, 0.05) is 19.5 Å². The fourth-order valence-corrected chi connectivity index (χ4v) is 1.98. The number of rotatable bonds is 6. The first-order valence-corrected chi connectivity index (χ1v) is 6.84. The highest BCUT2D eigenvalue weighted by Crippen LogP contribution is 2.29. The van der Waals surface area contributed by atoms with Gasteiger partial charge in [0.15, 0.2) is 0 Å². The standard InChI is InChI=1S/C15H17F3N4/c1-11(9-19-6-5-14-20-10-21-22-14)7-12-3-2-4-13(8-12)15(16,17)18/h2-4,7-8,10,19H,5-6,9H2,1H3,(H,20,21,22)/b11-7+. The molecule has 0 saturated carbocycles. The van der Waals surface area contributed by atoms with E-state index in [1.807, 2.05) is 6.92 Å². The van der Waals surface area contributed by atoms with Gasteiger partial charge in [0.2, 0.25) is 0 Å². The molecule has 4 nitrogen and oxygen atoms in total. The van der Waals surface area contributed by atoms with Crippen LogP contribution in [0.15, 0.2) is 36.2 Å². The van der Waals surface area contributed by atoms with Gasteiger partial charge >= 0.3 is 6.18 Å². The molecule has 1 aromatic carbocycles. The highest BCUT2D eigenvalue weighted by molar-refractivity contribution is 5.53. The van der Waals surface area contributed by atoms with Crippen LogP contribution in [0.5, 0.6) is 0 Å². The van der Waals surface area contributed by atoms with Gasteiger partial charge in [0.25, 0.3) is 0 Å². The number of hydrogen-bond donors (Lipinski definition) is 2. The van der Waals surface area contributed by atoms with E-state index in [1.54, 1.807) is 12.1 Å². The molecule has 2 N–H and O–H groups in total. The summed E-state index contributed by atoms with van der Waals surface area (Å²) in [5, 5.41) is 9.73. The number of H-pyrrole nitrogens is 1. The molecular weight excluding hydrogens is 293 g/mol. The zero-order valence-corrected chi connectivity index (χ0v) is 12.1. The van der Waals surface area contributed by atoms with E-state index in [2.05, 4.69) is 20.5 Å². The summed E-state index contributed by atoms with van der Waals surface area (Å²) in [5.74, 6) is 0.798. The Morgan fingerprint density at radius 1 is 1.36 bits per heavy atom. The topological polar surface area (TPSA) is 53.6 Å². The normalized spacial score (nSPS) is 12.6. The predicted octanol–water partition coefficient (Wildman–Crippen LogP) is 3.06. The second kappa shape index (κ2) is 7.22. The van der Waals surface area contributed by atoms with Crippen molar-refractivity contribution in [2.75, 3.05) is 13.1 Å². The van der Waals surface area contributed by atoms with Gasteiger partial charge in [-0.2, -0.15) is 18.3 Å². The second-order valence-electron chi connectivity index (χ2n) is 4.97. The van der Waals surface area contributed by atoms with Gasteiger partial charge in [0.1, 0.15) is 12.2 Å². The van der Waals surface area contributed by atoms with Crippen molar-refractivity contribution in [2.24, 2.45) is 0 Å². The van der Waals surface area contributed by atoms with E-state index in [1.165, 1.54) is 12.4 Å². The van der Waals surface area contributed by atoms with E-state index in [9.17, 15) is 13.2 Å². The molecule has 0 spiro atoms. The first kappa shape index (κ1) is 16.2. The Bertz CT molecular complexity index is 618. The second-order valence-corrected chi connectivity index (χ2v) is 4.97. The Morgan fingerprint density at radius 3 is 2.86 bits per heavy atom. The molecule has 2 aromatic rings. The van der Waals surface area contributed by atoms with E-state index in [-0.39, 0.29) is 0 Å². The zero-order valence-electron chi connectivity index (χ0n) is 12.1. The molecule has 22 heavy (non-hydrogen) atoms. The molecule has 0 aliphatic carbocycles. The van der Waals surface area contributed by atoms with Crippen LogP contribution < -0.4 is 5.32 Å². The molecule has 0 atom stereocenters. The van der Waals surface area contributed by atoms with Crippen LogP contribution in [0.4, 0.5) is 13.2 Å². The number of alkyl halides is 3. The minimum absolute atomic E-state index is 0.546. The molecule has 0 bridgehead atoms. The van der Waals surface area contributed by atoms with Gasteiger partial charge in [-0.25, -0.2) is 4.98 Å². The Kier molecular flexibility index (Phi) is 5.32. The Morgan fingerprint density at radius 2 is 2.18 bits per heavy atom. The molecule has 7 heteroatoms. The largest absolute Gasteiger partial charge is 0.416 e. The van der Waals surface area contributed by atoms with E-state index in [4.69, 9.17) is 0 Å². The molecule has 0 radical (unpaired) electrons. The number of nitrogens with one attached hydrogen (secondary N) is 2. The summed E-state index contributed by atoms with van der Waals surface area (Å²) in [4.78, 5) is 4.01. The number of hydrogen-bond acceptors (Lipinski definition) is 3. The molecular formula is C15H17F3N4. The van der Waals surface area contributed by atoms with Crippen molar-refractivity contribution >= 4 is 6.08 Å². The van der Waals surface area contributed by atoms with Gasteiger partial charge in [-0.05, 0) is 24.6 Å². The molecule has 0 unspecified atom stereocenters. The van der Waals surface area contributed by atoms with Crippen LogP contribution in [-0.4, -0.2) is 28.3 Å². The van der Waals surface area contributed by atoms with E-state index < -0.39 is 11.7 Å². The minimum atomic E-state index is -4.31. The van der Waals surface area contributed by atoms with Crippen molar-refractivity contribution in [1.29, 1.82) is 0 Å². The summed E-state index contributed by atoms with van der Waals surface area (Å²) < 4.78 is 37.9. The average molecular weight is 310 g/mol. The molecule has 0 aliphatic heterocycles. The lowest BCUT2D eigenvalue weighted by Crippen LogP contribution is -2.19. The summed E-state index contributed by atoms with van der Waals surface area (Å²) in [6.07, 6.45) is -0.394. The maximum absolute atomic E-state index is 12.6. The van der Waals surface area contributed by atoms with Gasteiger partial charge in [-0.3, -0.25) is 5.10 Å². The smallest absolute Gasteiger partial charge is 0.313 e. The van der Waals surface area contributed by atoms with Crippen LogP contribution in [0.3, 0.4) is 0 Å². The molecule has 2 rings (SSSR count). The summed E-state index contributed by atoms with van der Waals surface area (Å²) in [7, 11) is 0. The quantitative estimate of drug-likeness (QED) is 0.806.